The number of rotatable bonds is 3. The first kappa shape index (κ1) is 14.8. The number of ether oxygens (including phenoxy) is 1. The van der Waals surface area contributed by atoms with E-state index in [1.807, 2.05) is 6.07 Å². The molecule has 2 N–H and O–H groups in total. The van der Waals surface area contributed by atoms with Gasteiger partial charge in [-0.1, -0.05) is 12.1 Å². The number of nitriles is 1. The van der Waals surface area contributed by atoms with Crippen molar-refractivity contribution in [3.05, 3.63) is 29.8 Å². The minimum absolute atomic E-state index is 0.202. The molecular formula is C14H15N3O4. The minimum atomic E-state index is -1.07. The number of urea groups is 1. The zero-order valence-corrected chi connectivity index (χ0v) is 11.4. The van der Waals surface area contributed by atoms with E-state index in [0.29, 0.717) is 11.3 Å². The third-order valence-corrected chi connectivity index (χ3v) is 3.43. The van der Waals surface area contributed by atoms with E-state index in [-0.39, 0.29) is 19.1 Å². The molecule has 7 heteroatoms. The number of carbonyl (C=O) groups excluding carboxylic acids is 1. The molecule has 0 aliphatic carbocycles. The number of methoxy groups -OCH3 is 1. The number of carbonyl (C=O) groups is 2. The standard InChI is InChI=1S/C14H15N3O4/c1-21-10-6-12(13(18)19)17(8-10)14(20)16-11-5-3-2-4-9(11)7-15/h2-5,10,12H,6,8H2,1H3,(H,16,20)(H,18,19). The molecule has 1 saturated heterocycles. The molecule has 1 fully saturated rings. The number of nitrogens with one attached hydrogen (secondary N) is 1. The first-order valence-electron chi connectivity index (χ1n) is 6.39. The maximum Gasteiger partial charge on any atom is 0.326 e. The van der Waals surface area contributed by atoms with Crippen molar-refractivity contribution in [2.75, 3.05) is 19.0 Å². The maximum atomic E-state index is 12.2. The molecule has 0 spiro atoms. The fourth-order valence-corrected chi connectivity index (χ4v) is 2.30. The number of benzene rings is 1. The molecule has 21 heavy (non-hydrogen) atoms. The number of nitrogens with zero attached hydrogens (tertiary/aromatic N) is 2. The smallest absolute Gasteiger partial charge is 0.326 e. The number of carboxylic acids is 1. The predicted molar refractivity (Wildman–Crippen MR) is 73.7 cm³/mol. The highest BCUT2D eigenvalue weighted by Gasteiger charge is 2.40. The van der Waals surface area contributed by atoms with E-state index in [1.165, 1.54) is 12.0 Å². The molecule has 1 aromatic rings. The van der Waals surface area contributed by atoms with Crippen LogP contribution in [0.1, 0.15) is 12.0 Å². The molecule has 2 amide bonds. The quantitative estimate of drug-likeness (QED) is 0.872. The number of para-hydroxylation sites is 1. The number of carboxylic acid groups (broad SMARTS) is 1. The van der Waals surface area contributed by atoms with E-state index in [4.69, 9.17) is 10.00 Å². The van der Waals surface area contributed by atoms with Gasteiger partial charge in [0, 0.05) is 20.1 Å². The normalized spacial score (nSPS) is 20.9. The van der Waals surface area contributed by atoms with Crippen molar-refractivity contribution in [1.29, 1.82) is 5.26 Å². The lowest BCUT2D eigenvalue weighted by Gasteiger charge is -2.21. The number of hydrogen-bond donors (Lipinski definition) is 2. The van der Waals surface area contributed by atoms with Gasteiger partial charge in [0.1, 0.15) is 12.1 Å². The monoisotopic (exact) mass is 289 g/mol. The summed E-state index contributed by atoms with van der Waals surface area (Å²) in [6.45, 7) is 0.202. The number of aliphatic carboxylic acids is 1. The van der Waals surface area contributed by atoms with Crippen LogP contribution in [-0.4, -0.2) is 47.8 Å². The molecule has 1 aliphatic rings. The molecule has 2 unspecified atom stereocenters. The Morgan fingerprint density at radius 2 is 2.19 bits per heavy atom. The van der Waals surface area contributed by atoms with E-state index in [1.54, 1.807) is 24.3 Å². The van der Waals surface area contributed by atoms with Crippen LogP contribution in [-0.2, 0) is 9.53 Å². The molecule has 0 bridgehead atoms. The molecule has 0 aromatic heterocycles. The molecule has 7 nitrogen and oxygen atoms in total. The largest absolute Gasteiger partial charge is 0.480 e. The number of amides is 2. The topological polar surface area (TPSA) is 103 Å². The Balaban J connectivity index is 2.16. The van der Waals surface area contributed by atoms with Crippen LogP contribution >= 0.6 is 0 Å². The lowest BCUT2D eigenvalue weighted by atomic mass is 10.2. The Hall–Kier alpha value is -2.59. The fraction of sp³-hybridized carbons (Fsp3) is 0.357. The van der Waals surface area contributed by atoms with E-state index in [0.717, 1.165) is 0 Å². The number of likely N-dealkylation sites (tertiary alicyclic amines) is 1. The summed E-state index contributed by atoms with van der Waals surface area (Å²) in [7, 11) is 1.48. The second kappa shape index (κ2) is 6.24. The van der Waals surface area contributed by atoms with E-state index < -0.39 is 18.0 Å². The van der Waals surface area contributed by atoms with Crippen LogP contribution in [0.5, 0.6) is 0 Å². The molecular weight excluding hydrogens is 274 g/mol. The molecule has 110 valence electrons. The summed E-state index contributed by atoms with van der Waals surface area (Å²) in [5.41, 5.74) is 0.676. The Morgan fingerprint density at radius 1 is 1.48 bits per heavy atom. The Morgan fingerprint density at radius 3 is 2.81 bits per heavy atom. The van der Waals surface area contributed by atoms with Gasteiger partial charge in [0.05, 0.1) is 17.4 Å². The first-order chi connectivity index (χ1) is 10.1. The van der Waals surface area contributed by atoms with Gasteiger partial charge in [-0.25, -0.2) is 9.59 Å². The van der Waals surface area contributed by atoms with Crippen LogP contribution in [0.25, 0.3) is 0 Å². The second-order valence-electron chi connectivity index (χ2n) is 4.69. The molecule has 2 atom stereocenters. The summed E-state index contributed by atoms with van der Waals surface area (Å²) in [6, 6.07) is 7.04. The average Bonchev–Trinajstić information content (AvgIpc) is 2.92. The van der Waals surface area contributed by atoms with Crippen LogP contribution in [0.3, 0.4) is 0 Å². The summed E-state index contributed by atoms with van der Waals surface area (Å²) in [6.07, 6.45) is -0.0536. The highest BCUT2D eigenvalue weighted by Crippen LogP contribution is 2.22. The van der Waals surface area contributed by atoms with Crippen LogP contribution < -0.4 is 5.32 Å². The Bertz CT molecular complexity index is 596. The van der Waals surface area contributed by atoms with Gasteiger partial charge in [-0.05, 0) is 12.1 Å². The van der Waals surface area contributed by atoms with Crippen molar-refractivity contribution < 1.29 is 19.4 Å². The second-order valence-corrected chi connectivity index (χ2v) is 4.69. The van der Waals surface area contributed by atoms with Gasteiger partial charge in [0.2, 0.25) is 0 Å². The van der Waals surface area contributed by atoms with Crippen molar-refractivity contribution in [2.45, 2.75) is 18.6 Å². The Labute approximate surface area is 121 Å². The zero-order chi connectivity index (χ0) is 15.4. The lowest BCUT2D eigenvalue weighted by molar-refractivity contribution is -0.141. The van der Waals surface area contributed by atoms with Gasteiger partial charge in [-0.15, -0.1) is 0 Å². The number of hydrogen-bond acceptors (Lipinski definition) is 4. The molecule has 1 heterocycles. The van der Waals surface area contributed by atoms with E-state index in [9.17, 15) is 14.7 Å². The van der Waals surface area contributed by atoms with Gasteiger partial charge in [-0.3, -0.25) is 0 Å². The van der Waals surface area contributed by atoms with E-state index in [2.05, 4.69) is 5.32 Å². The van der Waals surface area contributed by atoms with Crippen LogP contribution in [0, 0.1) is 11.3 Å². The van der Waals surface area contributed by atoms with Gasteiger partial charge >= 0.3 is 12.0 Å². The fourth-order valence-electron chi connectivity index (χ4n) is 2.30. The van der Waals surface area contributed by atoms with Gasteiger partial charge in [-0.2, -0.15) is 5.26 Å². The summed E-state index contributed by atoms with van der Waals surface area (Å²) >= 11 is 0. The van der Waals surface area contributed by atoms with Gasteiger partial charge in [0.25, 0.3) is 0 Å². The van der Waals surface area contributed by atoms with Gasteiger partial charge in [0.15, 0.2) is 0 Å². The van der Waals surface area contributed by atoms with Crippen LogP contribution in [0.15, 0.2) is 24.3 Å². The summed E-state index contributed by atoms with van der Waals surface area (Å²) in [5.74, 6) is -1.07. The summed E-state index contributed by atoms with van der Waals surface area (Å²) in [5, 5.41) is 20.7. The van der Waals surface area contributed by atoms with Crippen LogP contribution in [0.2, 0.25) is 0 Å². The SMILES string of the molecule is COC1CC(C(=O)O)N(C(=O)Nc2ccccc2C#N)C1. The first-order valence-corrected chi connectivity index (χ1v) is 6.39. The van der Waals surface area contributed by atoms with Crippen molar-refractivity contribution in [2.24, 2.45) is 0 Å². The molecule has 1 aliphatic heterocycles. The maximum absolute atomic E-state index is 12.2. The average molecular weight is 289 g/mol. The van der Waals surface area contributed by atoms with Crippen molar-refractivity contribution in [3.8, 4) is 6.07 Å². The summed E-state index contributed by atoms with van der Waals surface area (Å²) < 4.78 is 5.13. The van der Waals surface area contributed by atoms with Crippen molar-refractivity contribution in [3.63, 3.8) is 0 Å². The third-order valence-electron chi connectivity index (χ3n) is 3.43. The molecule has 2 rings (SSSR count). The lowest BCUT2D eigenvalue weighted by Crippen LogP contribution is -2.43. The highest BCUT2D eigenvalue weighted by atomic mass is 16.5. The van der Waals surface area contributed by atoms with Crippen LogP contribution in [0.4, 0.5) is 10.5 Å². The van der Waals surface area contributed by atoms with E-state index >= 15 is 0 Å². The summed E-state index contributed by atoms with van der Waals surface area (Å²) in [4.78, 5) is 24.7. The minimum Gasteiger partial charge on any atom is -0.480 e. The zero-order valence-electron chi connectivity index (χ0n) is 11.4. The van der Waals surface area contributed by atoms with Crippen molar-refractivity contribution >= 4 is 17.7 Å². The third kappa shape index (κ3) is 3.12. The molecule has 0 saturated carbocycles. The molecule has 1 aromatic carbocycles. The van der Waals surface area contributed by atoms with Crippen molar-refractivity contribution in [1.82, 2.24) is 4.90 Å². The predicted octanol–water partition coefficient (Wildman–Crippen LogP) is 1.26. The van der Waals surface area contributed by atoms with Gasteiger partial charge < -0.3 is 20.1 Å². The Kier molecular flexibility index (Phi) is 4.40. The highest BCUT2D eigenvalue weighted by molar-refractivity contribution is 5.93. The molecule has 0 radical (unpaired) electrons. The number of anilines is 1.